The molecule has 0 fully saturated rings. The maximum absolute atomic E-state index is 12.8. The lowest BCUT2D eigenvalue weighted by Gasteiger charge is -2.18. The second-order valence-corrected chi connectivity index (χ2v) is 7.95. The van der Waals surface area contributed by atoms with Crippen LogP contribution in [0.25, 0.3) is 9.88 Å². The Morgan fingerprint density at radius 2 is 2.00 bits per heavy atom. The molecule has 3 nitrogen and oxygen atoms in total. The third-order valence-corrected chi connectivity index (χ3v) is 6.16. The van der Waals surface area contributed by atoms with Gasteiger partial charge < -0.3 is 4.90 Å². The highest BCUT2D eigenvalue weighted by atomic mass is 32.1. The van der Waals surface area contributed by atoms with Gasteiger partial charge in [0.2, 0.25) is 0 Å². The topological polar surface area (TPSA) is 33.2 Å². The molecule has 0 unspecified atom stereocenters. The van der Waals surface area contributed by atoms with Crippen molar-refractivity contribution in [2.45, 2.75) is 27.3 Å². The Morgan fingerprint density at radius 3 is 2.67 bits per heavy atom. The van der Waals surface area contributed by atoms with Crippen molar-refractivity contribution in [2.24, 2.45) is 0 Å². The number of hydrogen-bond donors (Lipinski definition) is 0. The first-order chi connectivity index (χ1) is 11.5. The fourth-order valence-electron chi connectivity index (χ4n) is 2.62. The minimum atomic E-state index is 0.0350. The smallest absolute Gasteiger partial charge is 0.265 e. The molecule has 24 heavy (non-hydrogen) atoms. The molecular weight excluding hydrogens is 336 g/mol. The van der Waals surface area contributed by atoms with Crippen molar-refractivity contribution in [1.82, 2.24) is 9.88 Å². The van der Waals surface area contributed by atoms with Gasteiger partial charge in [-0.25, -0.2) is 4.98 Å². The van der Waals surface area contributed by atoms with E-state index < -0.39 is 0 Å². The Bertz CT molecular complexity index is 866. The molecule has 124 valence electrons. The zero-order chi connectivity index (χ0) is 17.3. The summed E-state index contributed by atoms with van der Waals surface area (Å²) in [6.45, 7) is 6.69. The number of hydrogen-bond acceptors (Lipinski definition) is 4. The molecule has 0 saturated heterocycles. The number of benzene rings is 1. The average Bonchev–Trinajstić information content (AvgIpc) is 3.18. The molecule has 1 aromatic carbocycles. The lowest BCUT2D eigenvalue weighted by atomic mass is 10.1. The van der Waals surface area contributed by atoms with Crippen molar-refractivity contribution in [3.05, 3.63) is 63.0 Å². The van der Waals surface area contributed by atoms with Crippen molar-refractivity contribution >= 4 is 28.6 Å². The van der Waals surface area contributed by atoms with E-state index in [1.54, 1.807) is 16.2 Å². The fraction of sp³-hybridized carbons (Fsp3) is 0.263. The van der Waals surface area contributed by atoms with E-state index in [0.717, 1.165) is 20.5 Å². The third kappa shape index (κ3) is 3.42. The summed E-state index contributed by atoms with van der Waals surface area (Å²) < 4.78 is 0. The predicted octanol–water partition coefficient (Wildman–Crippen LogP) is 5.07. The molecule has 2 heterocycles. The van der Waals surface area contributed by atoms with Gasteiger partial charge in [0.15, 0.2) is 0 Å². The van der Waals surface area contributed by atoms with Gasteiger partial charge in [-0.3, -0.25) is 4.79 Å². The van der Waals surface area contributed by atoms with Crippen LogP contribution in [-0.4, -0.2) is 22.8 Å². The van der Waals surface area contributed by atoms with Crippen LogP contribution in [0.15, 0.2) is 35.7 Å². The zero-order valence-electron chi connectivity index (χ0n) is 14.3. The number of aromatic nitrogens is 1. The molecule has 0 saturated carbocycles. The standard InChI is InChI=1S/C19H20N2OS2/c1-12-7-8-15(13(2)10-12)11-21(4)19(22)17-14(3)20-18(24-17)16-6-5-9-23-16/h5-10H,11H2,1-4H3. The van der Waals surface area contributed by atoms with Crippen LogP contribution in [-0.2, 0) is 6.54 Å². The van der Waals surface area contributed by atoms with Gasteiger partial charge in [-0.2, -0.15) is 0 Å². The molecule has 0 aliphatic carbocycles. The number of thiazole rings is 1. The highest BCUT2D eigenvalue weighted by Gasteiger charge is 2.20. The maximum Gasteiger partial charge on any atom is 0.265 e. The number of aryl methyl sites for hydroxylation is 3. The van der Waals surface area contributed by atoms with E-state index in [1.165, 1.54) is 28.0 Å². The Balaban J connectivity index is 1.81. The van der Waals surface area contributed by atoms with Crippen LogP contribution < -0.4 is 0 Å². The molecule has 5 heteroatoms. The van der Waals surface area contributed by atoms with E-state index in [2.05, 4.69) is 37.0 Å². The Labute approximate surface area is 150 Å². The third-order valence-electron chi connectivity index (χ3n) is 3.98. The number of carbonyl (C=O) groups excluding carboxylic acids is 1. The first-order valence-corrected chi connectivity index (χ1v) is 9.48. The molecule has 3 rings (SSSR count). The lowest BCUT2D eigenvalue weighted by molar-refractivity contribution is 0.0789. The molecule has 3 aromatic rings. The number of nitrogens with zero attached hydrogens (tertiary/aromatic N) is 2. The summed E-state index contributed by atoms with van der Waals surface area (Å²) in [6.07, 6.45) is 0. The SMILES string of the molecule is Cc1ccc(CN(C)C(=O)c2sc(-c3cccs3)nc2C)c(C)c1. The van der Waals surface area contributed by atoms with Crippen LogP contribution in [0, 0.1) is 20.8 Å². The number of rotatable bonds is 4. The van der Waals surface area contributed by atoms with E-state index >= 15 is 0 Å². The van der Waals surface area contributed by atoms with Crippen molar-refractivity contribution < 1.29 is 4.79 Å². The maximum atomic E-state index is 12.8. The Kier molecular flexibility index (Phi) is 4.83. The highest BCUT2D eigenvalue weighted by Crippen LogP contribution is 2.31. The number of thiophene rings is 1. The van der Waals surface area contributed by atoms with Gasteiger partial charge >= 0.3 is 0 Å². The quantitative estimate of drug-likeness (QED) is 0.654. The van der Waals surface area contributed by atoms with Crippen LogP contribution in [0.1, 0.15) is 32.1 Å². The highest BCUT2D eigenvalue weighted by molar-refractivity contribution is 7.22. The second kappa shape index (κ2) is 6.87. The van der Waals surface area contributed by atoms with Crippen LogP contribution in [0.5, 0.6) is 0 Å². The summed E-state index contributed by atoms with van der Waals surface area (Å²) in [7, 11) is 1.85. The van der Waals surface area contributed by atoms with Gasteiger partial charge in [-0.1, -0.05) is 29.8 Å². The van der Waals surface area contributed by atoms with Gasteiger partial charge in [-0.05, 0) is 43.3 Å². The molecule has 0 atom stereocenters. The van der Waals surface area contributed by atoms with Crippen LogP contribution in [0.2, 0.25) is 0 Å². The molecule has 0 aliphatic rings. The summed E-state index contributed by atoms with van der Waals surface area (Å²) in [5, 5.41) is 2.95. The lowest BCUT2D eigenvalue weighted by Crippen LogP contribution is -2.26. The minimum Gasteiger partial charge on any atom is -0.337 e. The monoisotopic (exact) mass is 356 g/mol. The molecular formula is C19H20N2OS2. The van der Waals surface area contributed by atoms with Crippen molar-refractivity contribution in [3.8, 4) is 9.88 Å². The van der Waals surface area contributed by atoms with Gasteiger partial charge in [0.05, 0.1) is 10.6 Å². The number of amides is 1. The molecule has 1 amide bonds. The van der Waals surface area contributed by atoms with Crippen molar-refractivity contribution in [3.63, 3.8) is 0 Å². The van der Waals surface area contributed by atoms with Crippen LogP contribution in [0.3, 0.4) is 0 Å². The van der Waals surface area contributed by atoms with Gasteiger partial charge in [0, 0.05) is 13.6 Å². The van der Waals surface area contributed by atoms with E-state index in [9.17, 15) is 4.79 Å². The summed E-state index contributed by atoms with van der Waals surface area (Å²) in [6, 6.07) is 10.4. The van der Waals surface area contributed by atoms with Crippen molar-refractivity contribution in [1.29, 1.82) is 0 Å². The normalized spacial score (nSPS) is 10.8. The van der Waals surface area contributed by atoms with E-state index in [-0.39, 0.29) is 5.91 Å². The molecule has 0 radical (unpaired) electrons. The largest absolute Gasteiger partial charge is 0.337 e. The number of carbonyl (C=O) groups is 1. The minimum absolute atomic E-state index is 0.0350. The van der Waals surface area contributed by atoms with Gasteiger partial charge in [-0.15, -0.1) is 22.7 Å². The van der Waals surface area contributed by atoms with E-state index in [4.69, 9.17) is 0 Å². The first-order valence-electron chi connectivity index (χ1n) is 7.78. The second-order valence-electron chi connectivity index (χ2n) is 6.00. The molecule has 0 N–H and O–H groups in total. The summed E-state index contributed by atoms with van der Waals surface area (Å²) >= 11 is 3.13. The summed E-state index contributed by atoms with van der Waals surface area (Å²) in [5.41, 5.74) is 4.44. The Hall–Kier alpha value is -1.98. The molecule has 2 aromatic heterocycles. The van der Waals surface area contributed by atoms with Gasteiger partial charge in [0.25, 0.3) is 5.91 Å². The fourth-order valence-corrected chi connectivity index (χ4v) is 4.48. The van der Waals surface area contributed by atoms with Crippen LogP contribution >= 0.6 is 22.7 Å². The molecule has 0 aliphatic heterocycles. The van der Waals surface area contributed by atoms with E-state index in [1.807, 2.05) is 31.5 Å². The predicted molar refractivity (Wildman–Crippen MR) is 102 cm³/mol. The Morgan fingerprint density at radius 1 is 1.21 bits per heavy atom. The van der Waals surface area contributed by atoms with Gasteiger partial charge in [0.1, 0.15) is 9.88 Å². The zero-order valence-corrected chi connectivity index (χ0v) is 15.9. The first kappa shape index (κ1) is 16.9. The molecule has 0 bridgehead atoms. The van der Waals surface area contributed by atoms with E-state index in [0.29, 0.717) is 6.54 Å². The molecule has 0 spiro atoms. The summed E-state index contributed by atoms with van der Waals surface area (Å²) in [5.74, 6) is 0.0350. The average molecular weight is 357 g/mol. The summed E-state index contributed by atoms with van der Waals surface area (Å²) in [4.78, 5) is 21.0. The van der Waals surface area contributed by atoms with Crippen molar-refractivity contribution in [2.75, 3.05) is 7.05 Å². The van der Waals surface area contributed by atoms with Crippen LogP contribution in [0.4, 0.5) is 0 Å².